The van der Waals surface area contributed by atoms with Gasteiger partial charge in [0, 0.05) is 46.2 Å². The molecule has 0 fully saturated rings. The van der Waals surface area contributed by atoms with Crippen molar-refractivity contribution in [1.29, 1.82) is 0 Å². The molecular weight excluding hydrogens is 1010 g/mol. The largest absolute Gasteiger partial charge is 2.00 e. The van der Waals surface area contributed by atoms with Crippen molar-refractivity contribution in [2.75, 3.05) is 0 Å². The van der Waals surface area contributed by atoms with Crippen LogP contribution < -0.4 is 9.84 Å². The first kappa shape index (κ1) is 49.7. The van der Waals surface area contributed by atoms with Crippen molar-refractivity contribution in [3.8, 4) is 39.9 Å². The van der Waals surface area contributed by atoms with Gasteiger partial charge in [-0.25, -0.2) is 24.5 Å². The molecule has 8 rings (SSSR count). The number of carbonyl (C=O) groups excluding carboxylic acids is 1. The van der Waals surface area contributed by atoms with Gasteiger partial charge in [-0.2, -0.15) is 18.3 Å². The number of pyridine rings is 4. The third-order valence-corrected chi connectivity index (χ3v) is 11.8. The number of thiocarbonyl (C=S) groups is 1. The Morgan fingerprint density at radius 2 is 1.43 bits per heavy atom. The molecular formula is C42H30F3N9O6RuS4. The number of hydrogen-bond donors (Lipinski definition) is 2. The number of carboxylic acids is 2. The number of fused-ring (bicyclic) bond motifs is 2. The molecule has 8 heterocycles. The van der Waals surface area contributed by atoms with Gasteiger partial charge in [0.2, 0.25) is 10.0 Å². The molecule has 0 radical (unpaired) electrons. The molecule has 0 unspecified atom stereocenters. The normalized spacial score (nSPS) is 11.0. The Morgan fingerprint density at radius 1 is 0.815 bits per heavy atom. The summed E-state index contributed by atoms with van der Waals surface area (Å²) in [5, 5.41) is 33.5. The van der Waals surface area contributed by atoms with E-state index < -0.39 is 23.8 Å². The third kappa shape index (κ3) is 13.4. The second-order valence-corrected chi connectivity index (χ2v) is 16.6. The minimum absolute atomic E-state index is 0. The molecule has 0 aliphatic carbocycles. The summed E-state index contributed by atoms with van der Waals surface area (Å²) in [7, 11) is 0. The number of aromatic nitrogens is 8. The van der Waals surface area contributed by atoms with Crippen molar-refractivity contribution >= 4 is 102 Å². The molecule has 0 aliphatic heterocycles. The van der Waals surface area contributed by atoms with E-state index in [0.717, 1.165) is 45.6 Å². The maximum Gasteiger partial charge on any atom is 2.00 e. The monoisotopic (exact) mass is 1040 g/mol. The van der Waals surface area contributed by atoms with E-state index in [1.54, 1.807) is 41.8 Å². The first-order chi connectivity index (χ1) is 30.8. The summed E-state index contributed by atoms with van der Waals surface area (Å²) in [6, 6.07) is 14.9. The van der Waals surface area contributed by atoms with Crippen molar-refractivity contribution in [3.63, 3.8) is 0 Å². The van der Waals surface area contributed by atoms with Gasteiger partial charge in [0.1, 0.15) is 11.4 Å². The van der Waals surface area contributed by atoms with Gasteiger partial charge in [0.15, 0.2) is 0 Å². The Kier molecular flexibility index (Phi) is 17.6. The van der Waals surface area contributed by atoms with Gasteiger partial charge >= 0.3 is 37.6 Å². The molecule has 0 bridgehead atoms. The van der Waals surface area contributed by atoms with Crippen LogP contribution in [-0.2, 0) is 36.9 Å². The van der Waals surface area contributed by atoms with E-state index in [2.05, 4.69) is 71.4 Å². The first-order valence-corrected chi connectivity index (χ1v) is 21.6. The van der Waals surface area contributed by atoms with E-state index in [0.29, 0.717) is 48.9 Å². The fraction of sp³-hybridized carbons (Fsp3) is 0.167. The minimum Gasteiger partial charge on any atom is -0.753 e. The number of halogens is 3. The fourth-order valence-corrected chi connectivity index (χ4v) is 8.26. The molecule has 65 heavy (non-hydrogen) atoms. The number of thiazole rings is 2. The summed E-state index contributed by atoms with van der Waals surface area (Å²) in [6.45, 7) is 2.48. The summed E-state index contributed by atoms with van der Waals surface area (Å²) in [6.07, 6.45) is 10.1. The number of alkyl halides is 3. The van der Waals surface area contributed by atoms with Crippen LogP contribution in [0.1, 0.15) is 73.2 Å². The van der Waals surface area contributed by atoms with Crippen LogP contribution in [0.3, 0.4) is 0 Å². The number of unbranched alkanes of at least 4 members (excludes halogenated alkanes) is 3. The number of thiophene rings is 1. The predicted octanol–water partition coefficient (Wildman–Crippen LogP) is 10.5. The van der Waals surface area contributed by atoms with Gasteiger partial charge in [-0.3, -0.25) is 19.7 Å². The molecule has 0 atom stereocenters. The predicted molar refractivity (Wildman–Crippen MR) is 241 cm³/mol. The maximum absolute atomic E-state index is 12.7. The van der Waals surface area contributed by atoms with Crippen LogP contribution in [-0.4, -0.2) is 68.8 Å². The molecule has 0 saturated heterocycles. The minimum atomic E-state index is -4.50. The van der Waals surface area contributed by atoms with Crippen LogP contribution in [0, 0.1) is 0 Å². The molecule has 8 aromatic rings. The number of isothiocyanates is 1. The molecule has 8 aromatic heterocycles. The average Bonchev–Trinajstić information content (AvgIpc) is 4.11. The second-order valence-electron chi connectivity index (χ2n) is 13.1. The molecule has 0 amide bonds. The van der Waals surface area contributed by atoms with Gasteiger partial charge in [0.25, 0.3) is 6.47 Å². The molecule has 0 aliphatic rings. The van der Waals surface area contributed by atoms with E-state index in [9.17, 15) is 27.6 Å². The van der Waals surface area contributed by atoms with Crippen molar-refractivity contribution in [2.45, 2.75) is 45.2 Å². The van der Waals surface area contributed by atoms with E-state index in [1.165, 1.54) is 60.2 Å². The Bertz CT molecular complexity index is 2910. The van der Waals surface area contributed by atoms with Gasteiger partial charge < -0.3 is 30.6 Å². The number of rotatable bonds is 14. The molecule has 23 heteroatoms. The van der Waals surface area contributed by atoms with Crippen molar-refractivity contribution in [2.24, 2.45) is 0 Å². The Morgan fingerprint density at radius 3 is 1.97 bits per heavy atom. The van der Waals surface area contributed by atoms with Crippen LogP contribution in [0.15, 0.2) is 73.2 Å². The van der Waals surface area contributed by atoms with E-state index >= 15 is 0 Å². The second kappa shape index (κ2) is 23.0. The molecule has 0 spiro atoms. The number of aryl methyl sites for hydroxylation is 1. The number of carbonyl (C=O) groups is 3. The van der Waals surface area contributed by atoms with Crippen molar-refractivity contribution < 1.29 is 62.0 Å². The number of nitrogens with zero attached hydrogens (tertiary/aromatic N) is 9. The zero-order valence-electron chi connectivity index (χ0n) is 33.4. The van der Waals surface area contributed by atoms with Crippen molar-refractivity contribution in [3.05, 3.63) is 110 Å². The SMILES string of the molecule is CCCCCCc1ccc(/C=C/c2ccnc(-c3cc(C(F)(F)F)n[n-]3)c2)s1.O=COc1cc(-c2cc3nc(C(=O)O)sc3cn2)nc(-c2cc3nc(C(=O)O)sc3cn2)c1.[N-]=C=S.[Ru+2]. The number of ether oxygens (including phenoxy) is 1. The van der Waals surface area contributed by atoms with Crippen LogP contribution >= 0.6 is 46.2 Å². The number of carboxylic acid groups (broad SMARTS) is 2. The maximum atomic E-state index is 12.7. The number of aromatic carboxylic acids is 2. The summed E-state index contributed by atoms with van der Waals surface area (Å²) >= 11 is 7.47. The van der Waals surface area contributed by atoms with Crippen molar-refractivity contribution in [1.82, 2.24) is 40.1 Å². The average molecular weight is 1040 g/mol. The zero-order chi connectivity index (χ0) is 45.8. The molecule has 0 saturated carbocycles. The summed E-state index contributed by atoms with van der Waals surface area (Å²) in [4.78, 5) is 61.4. The third-order valence-electron chi connectivity index (χ3n) is 8.70. The van der Waals surface area contributed by atoms with Crippen LogP contribution in [0.5, 0.6) is 5.75 Å². The van der Waals surface area contributed by atoms with E-state index in [4.69, 9.17) is 20.4 Å². The molecule has 0 aromatic carbocycles. The quantitative estimate of drug-likeness (QED) is 0.0339. The standard InChI is InChI=1S/C21H21F3N3S.C20H9N5O6S2.CNS.Ru/c1-2-3-4-5-6-16-9-10-17(28-16)8-7-15-11-12-25-18(13-15)19-14-20(27-26-19)21(22,23)24;26-7-31-8-1-11(9-3-13-15(5-21-9)32-17(24-13)19(27)28)23-12(2-8)10-4-14-16(6-22-10)33-18(25-14)20(29)30;2-1-3;/h7-14H,2-6H2,1H3;1-7H,(H,27,28)(H,29,30);;/q-1;;-1;+2/b8-7+;;;. The van der Waals surface area contributed by atoms with Crippen LogP contribution in [0.4, 0.5) is 13.2 Å². The van der Waals surface area contributed by atoms with Gasteiger partial charge in [-0.05, 0) is 66.9 Å². The smallest absolute Gasteiger partial charge is 0.753 e. The molecule has 15 nitrogen and oxygen atoms in total. The van der Waals surface area contributed by atoms with E-state index in [1.807, 2.05) is 12.2 Å². The fourth-order valence-electron chi connectivity index (χ4n) is 5.80. The number of hydrogen-bond acceptors (Lipinski definition) is 15. The molecule has 332 valence electrons. The van der Waals surface area contributed by atoms with Gasteiger partial charge in [0.05, 0.1) is 43.2 Å². The summed E-state index contributed by atoms with van der Waals surface area (Å²) < 4.78 is 44.3. The van der Waals surface area contributed by atoms with E-state index in [-0.39, 0.29) is 47.4 Å². The van der Waals surface area contributed by atoms with Gasteiger partial charge in [-0.1, -0.05) is 50.2 Å². The Labute approximate surface area is 396 Å². The Balaban J connectivity index is 0.000000230. The Hall–Kier alpha value is -6.35. The topological polar surface area (TPSA) is 228 Å². The zero-order valence-corrected chi connectivity index (χ0v) is 38.4. The first-order valence-electron chi connectivity index (χ1n) is 18.7. The summed E-state index contributed by atoms with van der Waals surface area (Å²) in [5.74, 6) is -2.08. The van der Waals surface area contributed by atoms with Crippen LogP contribution in [0.25, 0.3) is 72.2 Å². The summed E-state index contributed by atoms with van der Waals surface area (Å²) in [5.41, 5.74) is 2.64. The van der Waals surface area contributed by atoms with Gasteiger partial charge in [-0.15, -0.1) is 34.0 Å². The van der Waals surface area contributed by atoms with Crippen LogP contribution in [0.2, 0.25) is 0 Å². The molecule has 2 N–H and O–H groups in total.